The summed E-state index contributed by atoms with van der Waals surface area (Å²) in [6.07, 6.45) is 5.19. The molecule has 0 aliphatic rings. The van der Waals surface area contributed by atoms with Gasteiger partial charge in [-0.2, -0.15) is 0 Å². The highest BCUT2D eigenvalue weighted by molar-refractivity contribution is 8.66. The maximum atomic E-state index is 7.35. The fourth-order valence-electron chi connectivity index (χ4n) is 2.56. The Balaban J connectivity index is 0.000000701. The number of methoxy groups -OCH3 is 1. The van der Waals surface area contributed by atoms with Crippen molar-refractivity contribution in [1.82, 2.24) is 4.98 Å². The molecule has 25 heavy (non-hydrogen) atoms. The van der Waals surface area contributed by atoms with E-state index in [1.807, 2.05) is 30.5 Å². The van der Waals surface area contributed by atoms with E-state index in [9.17, 15) is 0 Å². The average molecular weight is 374 g/mol. The Morgan fingerprint density at radius 2 is 2.00 bits per heavy atom. The van der Waals surface area contributed by atoms with Gasteiger partial charge in [0.1, 0.15) is 5.75 Å². The van der Waals surface area contributed by atoms with Crippen LogP contribution in [0.1, 0.15) is 5.56 Å². The number of aromatic nitrogens is 1. The van der Waals surface area contributed by atoms with Crippen LogP contribution < -0.4 is 10.5 Å². The van der Waals surface area contributed by atoms with E-state index in [0.717, 1.165) is 38.6 Å². The van der Waals surface area contributed by atoms with Crippen LogP contribution in [0.25, 0.3) is 27.2 Å². The molecule has 0 atom stereocenters. The van der Waals surface area contributed by atoms with E-state index >= 15 is 0 Å². The van der Waals surface area contributed by atoms with Crippen LogP contribution in [0, 0.1) is 0 Å². The Morgan fingerprint density at radius 3 is 2.64 bits per heavy atom. The summed E-state index contributed by atoms with van der Waals surface area (Å²) in [5.41, 5.74) is 8.51. The number of hydrogen-bond acceptors (Lipinski definition) is 7. The maximum Gasteiger partial charge on any atom is 0.121 e. The number of aliphatic imine (C=N–C) groups is 1. The molecule has 3 rings (SSSR count). The lowest BCUT2D eigenvalue weighted by Crippen LogP contribution is -1.92. The lowest BCUT2D eigenvalue weighted by atomic mass is 10.0. The molecule has 3 aromatic rings. The van der Waals surface area contributed by atoms with E-state index in [2.05, 4.69) is 33.8 Å². The quantitative estimate of drug-likeness (QED) is 0.208. The van der Waals surface area contributed by atoms with Gasteiger partial charge in [0, 0.05) is 48.1 Å². The van der Waals surface area contributed by atoms with Crippen molar-refractivity contribution >= 4 is 56.2 Å². The molecule has 1 aromatic heterocycles. The van der Waals surface area contributed by atoms with Crippen LogP contribution in [0.3, 0.4) is 0 Å². The predicted octanol–water partition coefficient (Wildman–Crippen LogP) is 4.43. The average Bonchev–Trinajstić information content (AvgIpc) is 2.65. The van der Waals surface area contributed by atoms with Crippen LogP contribution in [0.15, 0.2) is 53.8 Å². The summed E-state index contributed by atoms with van der Waals surface area (Å²) in [7, 11) is 3.39. The third-order valence-electron chi connectivity index (χ3n) is 3.67. The summed E-state index contributed by atoms with van der Waals surface area (Å²) in [5.74, 6) is 0.809. The molecule has 0 amide bonds. The topological polar surface area (TPSA) is 80.7 Å². The first-order chi connectivity index (χ1) is 12.2. The molecule has 0 saturated heterocycles. The fraction of sp³-hybridized carbons (Fsp3) is 0.111. The van der Waals surface area contributed by atoms with Gasteiger partial charge in [-0.3, -0.25) is 9.98 Å². The highest BCUT2D eigenvalue weighted by Gasteiger charge is 2.06. The van der Waals surface area contributed by atoms with Gasteiger partial charge in [-0.15, -0.1) is 0 Å². The number of allylic oxidation sites excluding steroid dienone is 1. The first kappa shape index (κ1) is 19.1. The van der Waals surface area contributed by atoms with E-state index in [1.165, 1.54) is 0 Å². The molecule has 1 heterocycles. The molecular weight excluding hydrogens is 354 g/mol. The maximum absolute atomic E-state index is 7.35. The summed E-state index contributed by atoms with van der Waals surface area (Å²) in [6, 6.07) is 12.1. The summed E-state index contributed by atoms with van der Waals surface area (Å²) in [6.45, 7) is 0. The van der Waals surface area contributed by atoms with E-state index in [-0.39, 0.29) is 0 Å². The Morgan fingerprint density at radius 1 is 1.28 bits per heavy atom. The molecule has 7 heteroatoms. The van der Waals surface area contributed by atoms with Gasteiger partial charge in [0.25, 0.3) is 0 Å². The van der Waals surface area contributed by atoms with E-state index < -0.39 is 0 Å². The number of rotatable bonds is 3. The predicted molar refractivity (Wildman–Crippen MR) is 112 cm³/mol. The van der Waals surface area contributed by atoms with Crippen LogP contribution in [-0.4, -0.2) is 29.9 Å². The van der Waals surface area contributed by atoms with E-state index in [1.54, 1.807) is 26.6 Å². The Hall–Kier alpha value is -2.22. The molecule has 0 unspecified atom stereocenters. The molecule has 5 nitrogen and oxygen atoms in total. The van der Waals surface area contributed by atoms with E-state index in [4.69, 9.17) is 15.0 Å². The monoisotopic (exact) mass is 373 g/mol. The fourth-order valence-corrected chi connectivity index (χ4v) is 2.56. The smallest absolute Gasteiger partial charge is 0.121 e. The van der Waals surface area contributed by atoms with Crippen LogP contribution >= 0.6 is 22.7 Å². The molecule has 130 valence electrons. The second-order valence-electron chi connectivity index (χ2n) is 5.03. The molecule has 0 fully saturated rings. The lowest BCUT2D eigenvalue weighted by molar-refractivity contribution is 0.415. The molecule has 0 saturated carbocycles. The molecule has 0 bridgehead atoms. The van der Waals surface area contributed by atoms with Crippen LogP contribution in [0.5, 0.6) is 5.75 Å². The largest absolute Gasteiger partial charge is 0.497 e. The van der Waals surface area contributed by atoms with Gasteiger partial charge < -0.3 is 15.0 Å². The Bertz CT molecular complexity index is 927. The number of hydrogen-bond donors (Lipinski definition) is 3. The van der Waals surface area contributed by atoms with Gasteiger partial charge in [0.2, 0.25) is 0 Å². The molecule has 3 N–H and O–H groups in total. The van der Waals surface area contributed by atoms with Crippen molar-refractivity contribution in [3.05, 3.63) is 54.4 Å². The number of thiol groups is 1. The van der Waals surface area contributed by atoms with Crippen molar-refractivity contribution in [2.75, 3.05) is 14.2 Å². The van der Waals surface area contributed by atoms with Crippen LogP contribution in [0.4, 0.5) is 0 Å². The van der Waals surface area contributed by atoms with Crippen LogP contribution in [-0.2, 0) is 0 Å². The van der Waals surface area contributed by atoms with Crippen LogP contribution in [0.2, 0.25) is 0 Å². The zero-order valence-electron chi connectivity index (χ0n) is 13.9. The van der Waals surface area contributed by atoms with Gasteiger partial charge in [0.05, 0.1) is 23.7 Å². The normalized spacial score (nSPS) is 11.6. The molecular formula is C18H19N3O2S2. The standard InChI is InChI=1S/C18H17N3O.H2OS2/c1-20-10-14(9-19)12-3-5-16-13(7-12)11-21-18-8-15(22-2)4-6-17(16)18;1-3-2/h3-11H,19H2,1-2H3;1-2H/b14-9+,20-10?;. The summed E-state index contributed by atoms with van der Waals surface area (Å²) < 4.78 is 12.6. The lowest BCUT2D eigenvalue weighted by Gasteiger charge is -2.08. The minimum absolute atomic E-state index is 0.444. The SMILES string of the molecule is CN=C/C(=C\N)c1ccc2c(cnc3cc(OC)ccc32)c1.OSS. The highest BCUT2D eigenvalue weighted by atomic mass is 33.1. The molecule has 0 aliphatic heterocycles. The van der Waals surface area contributed by atoms with Gasteiger partial charge >= 0.3 is 0 Å². The third-order valence-corrected chi connectivity index (χ3v) is 3.67. The highest BCUT2D eigenvalue weighted by Crippen LogP contribution is 2.28. The van der Waals surface area contributed by atoms with Gasteiger partial charge in [-0.05, 0) is 29.1 Å². The number of nitrogens with two attached hydrogens (primary N) is 1. The molecule has 0 radical (unpaired) electrons. The number of ether oxygens (including phenoxy) is 1. The van der Waals surface area contributed by atoms with Crippen molar-refractivity contribution in [1.29, 1.82) is 0 Å². The number of pyridine rings is 1. The number of fused-ring (bicyclic) bond motifs is 3. The number of nitrogens with zero attached hydrogens (tertiary/aromatic N) is 2. The molecule has 0 spiro atoms. The molecule has 0 aliphatic carbocycles. The third kappa shape index (κ3) is 4.45. The van der Waals surface area contributed by atoms with Crippen molar-refractivity contribution < 1.29 is 9.29 Å². The number of benzene rings is 2. The van der Waals surface area contributed by atoms with Crippen molar-refractivity contribution in [2.45, 2.75) is 0 Å². The molecule has 2 aromatic carbocycles. The van der Waals surface area contributed by atoms with E-state index in [0.29, 0.717) is 11.1 Å². The summed E-state index contributed by atoms with van der Waals surface area (Å²) >= 11 is 3.71. The van der Waals surface area contributed by atoms with Gasteiger partial charge in [0.15, 0.2) is 0 Å². The zero-order chi connectivity index (χ0) is 18.2. The van der Waals surface area contributed by atoms with Crippen molar-refractivity contribution in [3.8, 4) is 5.75 Å². The summed E-state index contributed by atoms with van der Waals surface area (Å²) in [4.78, 5) is 8.56. The van der Waals surface area contributed by atoms with Gasteiger partial charge in [-0.1, -0.05) is 23.8 Å². The Kier molecular flexibility index (Phi) is 7.12. The second-order valence-corrected chi connectivity index (χ2v) is 5.69. The first-order valence-electron chi connectivity index (χ1n) is 7.34. The van der Waals surface area contributed by atoms with Crippen molar-refractivity contribution in [3.63, 3.8) is 0 Å². The minimum atomic E-state index is 0.444. The summed E-state index contributed by atoms with van der Waals surface area (Å²) in [5, 5.41) is 3.33. The minimum Gasteiger partial charge on any atom is -0.497 e. The van der Waals surface area contributed by atoms with Crippen molar-refractivity contribution in [2.24, 2.45) is 10.7 Å². The zero-order valence-corrected chi connectivity index (χ0v) is 15.6. The first-order valence-corrected chi connectivity index (χ1v) is 9.17. The van der Waals surface area contributed by atoms with Gasteiger partial charge in [-0.25, -0.2) is 0 Å². The Labute approximate surface area is 155 Å². The second kappa shape index (κ2) is 9.31.